The summed E-state index contributed by atoms with van der Waals surface area (Å²) < 4.78 is 5.94. The summed E-state index contributed by atoms with van der Waals surface area (Å²) in [5.74, 6) is 0.460. The lowest BCUT2D eigenvalue weighted by Crippen LogP contribution is -2.46. The van der Waals surface area contributed by atoms with Gasteiger partial charge >= 0.3 is 0 Å². The molecule has 3 aromatic rings. The maximum atomic E-state index is 12.6. The number of hydrogen-bond acceptors (Lipinski definition) is 4. The van der Waals surface area contributed by atoms with Crippen molar-refractivity contribution in [1.29, 1.82) is 0 Å². The van der Waals surface area contributed by atoms with Crippen LogP contribution in [0.4, 0.5) is 11.4 Å². The SMILES string of the molecule is COc1ccc(C(=O)Nc2ccc(N3CCN(Cc4ccccc4Cl)CC3)c(Cl)c2)cc1Br. The van der Waals surface area contributed by atoms with Crippen molar-refractivity contribution < 1.29 is 9.53 Å². The highest BCUT2D eigenvalue weighted by molar-refractivity contribution is 9.10. The zero-order valence-corrected chi connectivity index (χ0v) is 21.3. The molecule has 0 unspecified atom stereocenters. The molecule has 33 heavy (non-hydrogen) atoms. The van der Waals surface area contributed by atoms with E-state index in [2.05, 4.69) is 37.1 Å². The van der Waals surface area contributed by atoms with E-state index in [-0.39, 0.29) is 5.91 Å². The number of ether oxygens (including phenoxy) is 1. The zero-order chi connectivity index (χ0) is 23.4. The molecule has 0 spiro atoms. The molecule has 0 radical (unpaired) electrons. The average Bonchev–Trinajstić information content (AvgIpc) is 2.81. The van der Waals surface area contributed by atoms with Crippen LogP contribution in [-0.2, 0) is 6.54 Å². The molecule has 0 aliphatic carbocycles. The van der Waals surface area contributed by atoms with Gasteiger partial charge in [-0.05, 0) is 64.0 Å². The smallest absolute Gasteiger partial charge is 0.255 e. The second-order valence-corrected chi connectivity index (χ2v) is 9.49. The fraction of sp³-hybridized carbons (Fsp3) is 0.240. The number of carbonyl (C=O) groups excluding carboxylic acids is 1. The lowest BCUT2D eigenvalue weighted by molar-refractivity contribution is 0.102. The minimum absolute atomic E-state index is 0.213. The molecule has 5 nitrogen and oxygen atoms in total. The Kier molecular flexibility index (Phi) is 7.81. The normalized spacial score (nSPS) is 14.2. The average molecular weight is 549 g/mol. The van der Waals surface area contributed by atoms with Crippen molar-refractivity contribution in [3.63, 3.8) is 0 Å². The van der Waals surface area contributed by atoms with Crippen molar-refractivity contribution >= 4 is 56.4 Å². The Morgan fingerprint density at radius 1 is 1.00 bits per heavy atom. The van der Waals surface area contributed by atoms with Crippen LogP contribution in [0.2, 0.25) is 10.0 Å². The third-order valence-corrected chi connectivity index (χ3v) is 6.98. The van der Waals surface area contributed by atoms with E-state index in [0.717, 1.165) is 53.5 Å². The van der Waals surface area contributed by atoms with Gasteiger partial charge in [0.1, 0.15) is 5.75 Å². The van der Waals surface area contributed by atoms with Crippen LogP contribution < -0.4 is 15.0 Å². The molecule has 172 valence electrons. The van der Waals surface area contributed by atoms with Crippen LogP contribution in [0, 0.1) is 0 Å². The van der Waals surface area contributed by atoms with Gasteiger partial charge in [0, 0.05) is 49.0 Å². The fourth-order valence-corrected chi connectivity index (χ4v) is 4.90. The van der Waals surface area contributed by atoms with Crippen LogP contribution in [0.5, 0.6) is 5.75 Å². The maximum Gasteiger partial charge on any atom is 0.255 e. The molecular formula is C25H24BrCl2N3O2. The highest BCUT2D eigenvalue weighted by atomic mass is 79.9. The van der Waals surface area contributed by atoms with E-state index in [1.54, 1.807) is 31.4 Å². The highest BCUT2D eigenvalue weighted by Crippen LogP contribution is 2.31. The molecule has 0 aromatic heterocycles. The quantitative estimate of drug-likeness (QED) is 0.390. The topological polar surface area (TPSA) is 44.8 Å². The van der Waals surface area contributed by atoms with Crippen LogP contribution in [0.25, 0.3) is 0 Å². The first kappa shape index (κ1) is 23.9. The van der Waals surface area contributed by atoms with E-state index in [1.807, 2.05) is 30.3 Å². The molecule has 1 saturated heterocycles. The molecule has 1 aliphatic rings. The predicted molar refractivity (Wildman–Crippen MR) is 139 cm³/mol. The van der Waals surface area contributed by atoms with Gasteiger partial charge < -0.3 is 15.0 Å². The van der Waals surface area contributed by atoms with Gasteiger partial charge in [-0.2, -0.15) is 0 Å². The lowest BCUT2D eigenvalue weighted by Gasteiger charge is -2.36. The zero-order valence-electron chi connectivity index (χ0n) is 18.2. The number of nitrogens with one attached hydrogen (secondary N) is 1. The second-order valence-electron chi connectivity index (χ2n) is 7.82. The first-order chi connectivity index (χ1) is 15.9. The molecule has 3 aromatic carbocycles. The summed E-state index contributed by atoms with van der Waals surface area (Å²) in [6.45, 7) is 4.43. The van der Waals surface area contributed by atoms with Crippen molar-refractivity contribution in [3.8, 4) is 5.75 Å². The summed E-state index contributed by atoms with van der Waals surface area (Å²) in [4.78, 5) is 17.3. The maximum absolute atomic E-state index is 12.6. The number of benzene rings is 3. The van der Waals surface area contributed by atoms with Crippen molar-refractivity contribution in [1.82, 2.24) is 4.90 Å². The number of piperazine rings is 1. The van der Waals surface area contributed by atoms with Gasteiger partial charge in [-0.1, -0.05) is 41.4 Å². The van der Waals surface area contributed by atoms with E-state index >= 15 is 0 Å². The first-order valence-electron chi connectivity index (χ1n) is 10.6. The van der Waals surface area contributed by atoms with Crippen molar-refractivity contribution in [2.45, 2.75) is 6.54 Å². The Labute approximate surface area is 212 Å². The highest BCUT2D eigenvalue weighted by Gasteiger charge is 2.20. The second kappa shape index (κ2) is 10.8. The number of anilines is 2. The Morgan fingerprint density at radius 2 is 1.76 bits per heavy atom. The summed E-state index contributed by atoms with van der Waals surface area (Å²) in [5, 5.41) is 4.33. The van der Waals surface area contributed by atoms with E-state index < -0.39 is 0 Å². The number of carbonyl (C=O) groups is 1. The number of amides is 1. The number of hydrogen-bond donors (Lipinski definition) is 1. The summed E-state index contributed by atoms with van der Waals surface area (Å²) >= 11 is 16.3. The minimum Gasteiger partial charge on any atom is -0.496 e. The summed E-state index contributed by atoms with van der Waals surface area (Å²) in [7, 11) is 1.59. The third kappa shape index (κ3) is 5.82. The van der Waals surface area contributed by atoms with Gasteiger partial charge in [-0.3, -0.25) is 9.69 Å². The van der Waals surface area contributed by atoms with E-state index in [0.29, 0.717) is 22.0 Å². The summed E-state index contributed by atoms with van der Waals surface area (Å²) in [5.41, 5.74) is 3.30. The Balaban J connectivity index is 1.36. The standard InChI is InChI=1S/C25H24BrCl2N3O2/c1-33-24-9-6-17(14-20(24)26)25(32)29-19-7-8-23(22(28)15-19)31-12-10-30(11-13-31)16-18-4-2-3-5-21(18)27/h2-9,14-15H,10-13,16H2,1H3,(H,29,32). The molecule has 1 amide bonds. The summed E-state index contributed by atoms with van der Waals surface area (Å²) in [6.07, 6.45) is 0. The molecule has 1 heterocycles. The van der Waals surface area contributed by atoms with Crippen molar-refractivity contribution in [3.05, 3.63) is 86.3 Å². The molecule has 1 aliphatic heterocycles. The number of rotatable bonds is 6. The lowest BCUT2D eigenvalue weighted by atomic mass is 10.1. The minimum atomic E-state index is -0.213. The molecule has 0 atom stereocenters. The van der Waals surface area contributed by atoms with Crippen molar-refractivity contribution in [2.24, 2.45) is 0 Å². The van der Waals surface area contributed by atoms with E-state index in [9.17, 15) is 4.79 Å². The third-order valence-electron chi connectivity index (χ3n) is 5.68. The molecular weight excluding hydrogens is 525 g/mol. The van der Waals surface area contributed by atoms with Gasteiger partial charge in [-0.25, -0.2) is 0 Å². The van der Waals surface area contributed by atoms with Crippen molar-refractivity contribution in [2.75, 3.05) is 43.5 Å². The first-order valence-corrected chi connectivity index (χ1v) is 12.1. The van der Waals surface area contributed by atoms with Crippen LogP contribution in [0.3, 0.4) is 0 Å². The van der Waals surface area contributed by atoms with E-state index in [4.69, 9.17) is 27.9 Å². The molecule has 0 bridgehead atoms. The van der Waals surface area contributed by atoms with Gasteiger partial charge in [0.2, 0.25) is 0 Å². The number of halogens is 3. The molecule has 0 saturated carbocycles. The van der Waals surface area contributed by atoms with Crippen LogP contribution in [-0.4, -0.2) is 44.1 Å². The largest absolute Gasteiger partial charge is 0.496 e. The van der Waals surface area contributed by atoms with Gasteiger partial charge in [-0.15, -0.1) is 0 Å². The predicted octanol–water partition coefficient (Wildman–Crippen LogP) is 6.34. The molecule has 1 N–H and O–H groups in total. The Bertz CT molecular complexity index is 1150. The molecule has 8 heteroatoms. The van der Waals surface area contributed by atoms with Crippen LogP contribution in [0.1, 0.15) is 15.9 Å². The van der Waals surface area contributed by atoms with Gasteiger partial charge in [0.25, 0.3) is 5.91 Å². The van der Waals surface area contributed by atoms with Crippen LogP contribution in [0.15, 0.2) is 65.1 Å². The Morgan fingerprint density at radius 3 is 2.42 bits per heavy atom. The summed E-state index contributed by atoms with van der Waals surface area (Å²) in [6, 6.07) is 18.8. The number of nitrogens with zero attached hydrogens (tertiary/aromatic N) is 2. The van der Waals surface area contributed by atoms with Gasteiger partial charge in [0.15, 0.2) is 0 Å². The molecule has 1 fully saturated rings. The van der Waals surface area contributed by atoms with Crippen LogP contribution >= 0.6 is 39.1 Å². The van der Waals surface area contributed by atoms with Gasteiger partial charge in [0.05, 0.1) is 22.3 Å². The molecule has 4 rings (SSSR count). The van der Waals surface area contributed by atoms with E-state index in [1.165, 1.54) is 0 Å². The monoisotopic (exact) mass is 547 g/mol. The Hall–Kier alpha value is -2.25. The fourth-order valence-electron chi connectivity index (χ4n) is 3.87. The number of methoxy groups -OCH3 is 1.